The number of sulfone groups is 1. The summed E-state index contributed by atoms with van der Waals surface area (Å²) in [5, 5.41) is 3.65. The van der Waals surface area contributed by atoms with Crippen molar-refractivity contribution in [3.05, 3.63) is 130 Å². The molecule has 1 unspecified atom stereocenters. The minimum absolute atomic E-state index is 0.0320. The molecule has 0 saturated carbocycles. The number of carbonyl (C=O) groups excluding carboxylic acids is 1. The molecule has 1 atom stereocenters. The fourth-order valence-corrected chi connectivity index (χ4v) is 13.0. The topological polar surface area (TPSA) is 177 Å². The van der Waals surface area contributed by atoms with Gasteiger partial charge in [-0.05, 0) is 122 Å². The summed E-state index contributed by atoms with van der Waals surface area (Å²) in [5.74, 6) is 0.194. The Morgan fingerprint density at radius 3 is 2.16 bits per heavy atom. The first-order valence-corrected chi connectivity index (χ1v) is 29.0. The normalized spacial score (nSPS) is 18.1. The van der Waals surface area contributed by atoms with Crippen molar-refractivity contribution in [2.45, 2.75) is 78.6 Å². The molecule has 13 nitrogen and oxygen atoms in total. The summed E-state index contributed by atoms with van der Waals surface area (Å²) in [4.78, 5) is 37.4. The smallest absolute Gasteiger partial charge is 0.380 e. The number of thioether (sulfide) groups is 1. The van der Waals surface area contributed by atoms with Gasteiger partial charge in [0.05, 0.1) is 10.6 Å². The highest BCUT2D eigenvalue weighted by Gasteiger charge is 2.48. The van der Waals surface area contributed by atoms with Gasteiger partial charge in [0.2, 0.25) is 0 Å². The highest BCUT2D eigenvalue weighted by atomic mass is 35.5. The molecule has 4 N–H and O–H groups in total. The number of hydrogen-bond acceptors (Lipinski definition) is 11. The number of carbonyl (C=O) groups is 1. The molecule has 3 aliphatic rings. The summed E-state index contributed by atoms with van der Waals surface area (Å²) in [6.45, 7) is 9.87. The lowest BCUT2D eigenvalue weighted by Gasteiger charge is -2.39. The maximum atomic E-state index is 14.3. The van der Waals surface area contributed by atoms with E-state index in [9.17, 15) is 49.2 Å². The van der Waals surface area contributed by atoms with Crippen molar-refractivity contribution in [2.24, 2.45) is 5.41 Å². The molecular formula is C49H58ClF3N5O8PS3. The standard InChI is InChI=1S/C49H58ClF3N5O8PS3/c1-48(2)22-18-44(36-8-12-39(50)13-9-36)38(31-48)32-57-26-28-58(29-27-57)41-14-10-37(11-15-41)47(59)55-70(65,66)43-16-17-45(46(30-43)69(63,64)49(51,52)53)54-40(34-68-42-6-4-3-5-7-42)21-25-56-23-19-35(20-24-56)33-67(60,61)62/h3-17,30,33,40,54H,18-29,31-32,34H2,1-2H3,(H,55,59)(H2,60,61,62). The zero-order valence-electron chi connectivity index (χ0n) is 38.9. The van der Waals surface area contributed by atoms with E-state index in [1.165, 1.54) is 40.6 Å². The molecule has 378 valence electrons. The second-order valence-corrected chi connectivity index (χ2v) is 25.3. The Morgan fingerprint density at radius 2 is 1.53 bits per heavy atom. The molecule has 2 saturated heterocycles. The van der Waals surface area contributed by atoms with Crippen LogP contribution in [0.2, 0.25) is 5.02 Å². The van der Waals surface area contributed by atoms with E-state index in [0.717, 1.165) is 67.4 Å². The van der Waals surface area contributed by atoms with Crippen molar-refractivity contribution < 1.29 is 49.2 Å². The first-order valence-electron chi connectivity index (χ1n) is 22.9. The number of anilines is 2. The molecule has 1 amide bonds. The Labute approximate surface area is 417 Å². The van der Waals surface area contributed by atoms with Crippen LogP contribution >= 0.6 is 31.0 Å². The van der Waals surface area contributed by atoms with Crippen LogP contribution in [0.15, 0.2) is 129 Å². The number of halogens is 4. The summed E-state index contributed by atoms with van der Waals surface area (Å²) < 4.78 is 110. The van der Waals surface area contributed by atoms with Crippen LogP contribution in [0.3, 0.4) is 0 Å². The third-order valence-electron chi connectivity index (χ3n) is 12.9. The van der Waals surface area contributed by atoms with Crippen LogP contribution in [0, 0.1) is 5.41 Å². The van der Waals surface area contributed by atoms with E-state index >= 15 is 0 Å². The van der Waals surface area contributed by atoms with Crippen LogP contribution in [0.5, 0.6) is 0 Å². The van der Waals surface area contributed by atoms with Crippen molar-refractivity contribution in [3.63, 3.8) is 0 Å². The van der Waals surface area contributed by atoms with Crippen LogP contribution in [-0.2, 0) is 24.4 Å². The average molecular weight is 1060 g/mol. The van der Waals surface area contributed by atoms with Gasteiger partial charge >= 0.3 is 13.1 Å². The van der Waals surface area contributed by atoms with E-state index in [-0.39, 0.29) is 16.7 Å². The lowest BCUT2D eigenvalue weighted by molar-refractivity contribution is -0.0436. The molecule has 70 heavy (non-hydrogen) atoms. The van der Waals surface area contributed by atoms with Gasteiger partial charge in [0.15, 0.2) is 0 Å². The monoisotopic (exact) mass is 1060 g/mol. The number of likely N-dealkylation sites (tertiary alicyclic amines) is 1. The minimum atomic E-state index is -6.13. The van der Waals surface area contributed by atoms with E-state index in [4.69, 9.17) is 11.6 Å². The van der Waals surface area contributed by atoms with Crippen molar-refractivity contribution in [3.8, 4) is 0 Å². The van der Waals surface area contributed by atoms with Gasteiger partial charge in [0.1, 0.15) is 4.90 Å². The number of sulfonamides is 1. The maximum absolute atomic E-state index is 14.3. The van der Waals surface area contributed by atoms with Gasteiger partial charge in [-0.1, -0.05) is 66.9 Å². The molecule has 0 radical (unpaired) electrons. The number of amides is 1. The van der Waals surface area contributed by atoms with Gasteiger partial charge in [0.25, 0.3) is 25.8 Å². The van der Waals surface area contributed by atoms with Crippen molar-refractivity contribution in [2.75, 3.05) is 68.3 Å². The first kappa shape index (κ1) is 53.6. The fraction of sp³-hybridized carbons (Fsp3) is 0.408. The quantitative estimate of drug-likeness (QED) is 0.0582. The average Bonchev–Trinajstić information content (AvgIpc) is 3.30. The van der Waals surface area contributed by atoms with Crippen LogP contribution in [0.1, 0.15) is 68.3 Å². The Bertz CT molecular complexity index is 2830. The molecule has 0 spiro atoms. The highest BCUT2D eigenvalue weighted by Crippen LogP contribution is 2.43. The van der Waals surface area contributed by atoms with E-state index in [0.29, 0.717) is 68.6 Å². The van der Waals surface area contributed by atoms with E-state index in [1.807, 2.05) is 52.1 Å². The molecule has 21 heteroatoms. The number of nitrogens with zero attached hydrogens (tertiary/aromatic N) is 3. The fourth-order valence-electron chi connectivity index (χ4n) is 9.10. The van der Waals surface area contributed by atoms with Gasteiger partial charge < -0.3 is 24.9 Å². The predicted molar refractivity (Wildman–Crippen MR) is 270 cm³/mol. The van der Waals surface area contributed by atoms with Gasteiger partial charge in [-0.15, -0.1) is 11.8 Å². The van der Waals surface area contributed by atoms with E-state index in [1.54, 1.807) is 12.1 Å². The van der Waals surface area contributed by atoms with Crippen molar-refractivity contribution in [1.82, 2.24) is 14.5 Å². The molecule has 7 rings (SSSR count). The van der Waals surface area contributed by atoms with Crippen LogP contribution in [-0.4, -0.2) is 112 Å². The molecule has 4 aromatic carbocycles. The minimum Gasteiger partial charge on any atom is -0.380 e. The van der Waals surface area contributed by atoms with Gasteiger partial charge in [-0.3, -0.25) is 14.3 Å². The molecule has 2 aliphatic heterocycles. The Hall–Kier alpha value is -4.17. The number of hydrogen-bond donors (Lipinski definition) is 4. The number of alkyl halides is 3. The number of piperazine rings is 1. The third-order valence-corrected chi connectivity index (χ3v) is 17.9. The lowest BCUT2D eigenvalue weighted by Crippen LogP contribution is -2.47. The number of allylic oxidation sites excluding steroid dienone is 1. The molecule has 0 bridgehead atoms. The first-order chi connectivity index (χ1) is 32.9. The van der Waals surface area contributed by atoms with Crippen LogP contribution in [0.25, 0.3) is 5.57 Å². The SMILES string of the molecule is CC1(C)CCC(c2ccc(Cl)cc2)=C(CN2CCN(c3ccc(C(=O)NS(=O)(=O)c4ccc(NC(CCN5CCC(=CP(=O)(O)O)CC5)CSc5ccccc5)c(S(=O)(=O)C(F)(F)F)c4)cc3)CC2)C1. The van der Waals surface area contributed by atoms with Gasteiger partial charge in [-0.25, -0.2) is 21.6 Å². The zero-order chi connectivity index (χ0) is 50.5. The Kier molecular flexibility index (Phi) is 17.1. The van der Waals surface area contributed by atoms with Crippen LogP contribution in [0.4, 0.5) is 24.5 Å². The molecule has 2 heterocycles. The van der Waals surface area contributed by atoms with Crippen LogP contribution < -0.4 is 14.9 Å². The summed E-state index contributed by atoms with van der Waals surface area (Å²) >= 11 is 7.57. The Morgan fingerprint density at radius 1 is 0.871 bits per heavy atom. The molecule has 1 aliphatic carbocycles. The van der Waals surface area contributed by atoms with Crippen molar-refractivity contribution in [1.29, 1.82) is 0 Å². The van der Waals surface area contributed by atoms with E-state index < -0.39 is 60.4 Å². The number of benzene rings is 4. The summed E-state index contributed by atoms with van der Waals surface area (Å²) in [5.41, 5.74) is -0.623. The number of rotatable bonds is 17. The number of piperidine rings is 1. The Balaban J connectivity index is 1.02. The zero-order valence-corrected chi connectivity index (χ0v) is 43.0. The van der Waals surface area contributed by atoms with Gasteiger partial charge in [0, 0.05) is 91.1 Å². The lowest BCUT2D eigenvalue weighted by atomic mass is 9.73. The molecule has 2 fully saturated rings. The largest absolute Gasteiger partial charge is 0.501 e. The van der Waals surface area contributed by atoms with Gasteiger partial charge in [-0.2, -0.15) is 13.2 Å². The summed E-state index contributed by atoms with van der Waals surface area (Å²) in [6, 6.07) is 25.2. The van der Waals surface area contributed by atoms with Crippen molar-refractivity contribution >= 4 is 73.7 Å². The second kappa shape index (κ2) is 22.3. The summed E-state index contributed by atoms with van der Waals surface area (Å²) in [7, 11) is -15.4. The number of nitrogens with one attached hydrogen (secondary N) is 2. The highest BCUT2D eigenvalue weighted by molar-refractivity contribution is 7.99. The third kappa shape index (κ3) is 14.3. The second-order valence-electron chi connectivity index (χ2n) is 18.8. The molecule has 4 aromatic rings. The maximum Gasteiger partial charge on any atom is 0.501 e. The molecule has 0 aromatic heterocycles. The molecular weight excluding hydrogens is 1010 g/mol. The van der Waals surface area contributed by atoms with E-state index in [2.05, 4.69) is 41.1 Å². The predicted octanol–water partition coefficient (Wildman–Crippen LogP) is 9.66. The summed E-state index contributed by atoms with van der Waals surface area (Å²) in [6.07, 6.45) is 4.26.